The first-order valence-corrected chi connectivity index (χ1v) is 42.2. The van der Waals surface area contributed by atoms with Crippen LogP contribution in [0.25, 0.3) is 11.1 Å². The van der Waals surface area contributed by atoms with Crippen molar-refractivity contribution in [2.75, 3.05) is 32.0 Å². The molecule has 2 saturated heterocycles. The molecule has 7 aliphatic rings. The van der Waals surface area contributed by atoms with E-state index in [1.807, 2.05) is 250 Å². The minimum absolute atomic E-state index is 0.0574. The number of guanidine groups is 3. The van der Waals surface area contributed by atoms with E-state index >= 15 is 0 Å². The van der Waals surface area contributed by atoms with Gasteiger partial charge in [0, 0.05) is 53.8 Å². The molecule has 21 heteroatoms. The average Bonchev–Trinajstić information content (AvgIpc) is 1.55. The fourth-order valence-corrected chi connectivity index (χ4v) is 18.1. The average molecular weight is 1620 g/mol. The van der Waals surface area contributed by atoms with Crippen molar-refractivity contribution in [1.82, 2.24) is 29.8 Å². The second-order valence-electron chi connectivity index (χ2n) is 31.9. The number of nitrogens with zero attached hydrogens (tertiary/aromatic N) is 8. The SMILES string of the molecule is CCC(CC)N1C(=N)CC(c2cccc(-c3cccc(Cl)c3)c2)(C2CC2)C1=O.CCNC(=O)c1cccc(CN2C(=O)C(c3ccccc3)(c3ccccc3)N=C2N)c1.CN1CCCC1CCN1C(=O)C(c2ccccc2)(c2ccccc2)N=C1N.NC1=NC(c2ccccc2)(c2ccccc2)C(=O)N1Cc1ccc(NC(=O)C2CCCC2)cc1. The summed E-state index contributed by atoms with van der Waals surface area (Å²) in [6, 6.07) is 89.0. The van der Waals surface area contributed by atoms with E-state index < -0.39 is 22.0 Å². The summed E-state index contributed by atoms with van der Waals surface area (Å²) < 4.78 is 0. The fraction of sp³-hybridized carbons (Fsp3) is 0.293. The Kier molecular flexibility index (Phi) is 25.9. The van der Waals surface area contributed by atoms with Gasteiger partial charge in [-0.2, -0.15) is 0 Å². The molecule has 2 saturated carbocycles. The molecule has 20 nitrogen and oxygen atoms in total. The number of nitrogens with two attached hydrogens (primary N) is 3. The van der Waals surface area contributed by atoms with E-state index in [1.165, 1.54) is 22.6 Å². The highest BCUT2D eigenvalue weighted by molar-refractivity contribution is 6.30. The fourth-order valence-electron chi connectivity index (χ4n) is 18.0. The van der Waals surface area contributed by atoms with Gasteiger partial charge in [-0.05, 0) is 182 Å². The molecule has 2 unspecified atom stereocenters. The molecule has 0 aromatic heterocycles. The zero-order valence-electron chi connectivity index (χ0n) is 68.5. The van der Waals surface area contributed by atoms with Crippen LogP contribution in [-0.2, 0) is 59.1 Å². The Balaban J connectivity index is 0.000000132. The predicted molar refractivity (Wildman–Crippen MR) is 475 cm³/mol. The lowest BCUT2D eigenvalue weighted by Gasteiger charge is -2.31. The maximum atomic E-state index is 13.9. The van der Waals surface area contributed by atoms with Gasteiger partial charge in [0.05, 0.1) is 18.5 Å². The van der Waals surface area contributed by atoms with Gasteiger partial charge in [0.1, 0.15) is 5.84 Å². The van der Waals surface area contributed by atoms with Crippen molar-refractivity contribution in [3.05, 3.63) is 340 Å². The van der Waals surface area contributed by atoms with Gasteiger partial charge in [0.25, 0.3) is 23.6 Å². The van der Waals surface area contributed by atoms with E-state index in [2.05, 4.69) is 54.6 Å². The minimum atomic E-state index is -1.23. The molecule has 614 valence electrons. The smallest absolute Gasteiger partial charge is 0.266 e. The summed E-state index contributed by atoms with van der Waals surface area (Å²) in [5, 5.41) is 15.1. The lowest BCUT2D eigenvalue weighted by atomic mass is 9.73. The Morgan fingerprint density at radius 3 is 1.36 bits per heavy atom. The van der Waals surface area contributed by atoms with Gasteiger partial charge < -0.3 is 32.7 Å². The minimum Gasteiger partial charge on any atom is -0.369 e. The second-order valence-corrected chi connectivity index (χ2v) is 32.3. The molecule has 2 aliphatic carbocycles. The van der Waals surface area contributed by atoms with Gasteiger partial charge in [-0.25, -0.2) is 15.0 Å². The first kappa shape index (κ1) is 83.8. The third-order valence-corrected chi connectivity index (χ3v) is 24.7. The molecule has 5 heterocycles. The number of anilines is 1. The summed E-state index contributed by atoms with van der Waals surface area (Å²) in [7, 11) is 2.15. The lowest BCUT2D eigenvalue weighted by Crippen LogP contribution is -2.45. The lowest BCUT2D eigenvalue weighted by molar-refractivity contribution is -0.133. The van der Waals surface area contributed by atoms with Gasteiger partial charge in [0.15, 0.2) is 34.5 Å². The van der Waals surface area contributed by atoms with Crippen molar-refractivity contribution >= 4 is 76.4 Å². The van der Waals surface area contributed by atoms with Gasteiger partial charge >= 0.3 is 0 Å². The number of rotatable bonds is 23. The quantitative estimate of drug-likeness (QED) is 0.0352. The number of hydrogen-bond donors (Lipinski definition) is 6. The van der Waals surface area contributed by atoms with E-state index in [0.29, 0.717) is 60.4 Å². The standard InChI is InChI=1S/C28H28N4O2.C25H24N4O2.C24H27ClN2O.C22H26N4O/c29-27-31-28(22-11-3-1-4-12-22,23-13-5-2-6-14-23)26(34)32(27)19-20-15-17-24(18-16-20)30-25(33)21-9-7-8-10-21;1-2-27-22(30)19-11-9-10-18(16-19)17-29-23(31)25(28-24(29)26,20-12-5-3-6-13-20)21-14-7-4-8-15-21;1-3-21(4-2)27-22(26)15-24(23(27)28,18-11-12-18)19-9-5-7-16(13-19)17-8-6-10-20(25)14-17;1-25-15-8-13-19(25)14-16-26-20(27)22(24-21(26)23,17-9-4-2-5-10-17)18-11-6-3-7-12-18/h1-6,11-18,21H,7-10,19H2,(H2,29,31)(H,30,33);3-16H,2,17H2,1H3,(H2,26,28)(H,27,30);5-10,13-14,18,21,26H,3-4,11-12,15H2,1-2H3;2-7,9-12,19H,8,13-16H2,1H3,(H2,23,24). The Morgan fingerprint density at radius 1 is 0.483 bits per heavy atom. The van der Waals surface area contributed by atoms with E-state index in [4.69, 9.17) is 49.2 Å². The summed E-state index contributed by atoms with van der Waals surface area (Å²) in [6.45, 7) is 8.87. The number of likely N-dealkylation sites (tertiary alicyclic amines) is 2. The Labute approximate surface area is 708 Å². The molecule has 10 aromatic rings. The zero-order chi connectivity index (χ0) is 84.1. The Hall–Kier alpha value is -12.7. The summed E-state index contributed by atoms with van der Waals surface area (Å²) in [5.74, 6) is 1.22. The van der Waals surface area contributed by atoms with E-state index in [9.17, 15) is 28.8 Å². The molecule has 5 aliphatic heterocycles. The molecule has 17 rings (SSSR count). The van der Waals surface area contributed by atoms with Crippen LogP contribution in [0.1, 0.15) is 158 Å². The van der Waals surface area contributed by atoms with Crippen LogP contribution in [-0.4, -0.2) is 122 Å². The van der Waals surface area contributed by atoms with Crippen LogP contribution < -0.4 is 27.8 Å². The van der Waals surface area contributed by atoms with Crippen LogP contribution in [0.3, 0.4) is 0 Å². The first-order valence-electron chi connectivity index (χ1n) is 41.9. The highest BCUT2D eigenvalue weighted by Gasteiger charge is 2.60. The van der Waals surface area contributed by atoms with Crippen molar-refractivity contribution in [2.24, 2.45) is 44.0 Å². The first-order chi connectivity index (χ1) is 58.3. The highest BCUT2D eigenvalue weighted by Crippen LogP contribution is 2.55. The van der Waals surface area contributed by atoms with Crippen molar-refractivity contribution in [2.45, 2.75) is 145 Å². The van der Waals surface area contributed by atoms with Crippen LogP contribution in [0.2, 0.25) is 5.02 Å². The molecule has 0 spiro atoms. The largest absolute Gasteiger partial charge is 0.369 e. The molecule has 10 aromatic carbocycles. The number of carbonyl (C=O) groups excluding carboxylic acids is 6. The number of benzene rings is 10. The van der Waals surface area contributed by atoms with Crippen LogP contribution in [0.5, 0.6) is 0 Å². The number of amides is 6. The molecule has 120 heavy (non-hydrogen) atoms. The van der Waals surface area contributed by atoms with Gasteiger partial charge in [-0.3, -0.25) is 53.8 Å². The maximum absolute atomic E-state index is 13.9. The normalized spacial score (nSPS) is 19.1. The number of nitrogens with one attached hydrogen (secondary N) is 3. The molecule has 2 atom stereocenters. The van der Waals surface area contributed by atoms with E-state index in [-0.39, 0.29) is 65.9 Å². The summed E-state index contributed by atoms with van der Waals surface area (Å²) in [6.07, 6.45) is 11.9. The topological polar surface area (TPSA) is 282 Å². The van der Waals surface area contributed by atoms with Gasteiger partial charge in [0.2, 0.25) is 11.8 Å². The highest BCUT2D eigenvalue weighted by atomic mass is 35.5. The second kappa shape index (κ2) is 37.1. The number of hydrogen-bond acceptors (Lipinski definition) is 14. The van der Waals surface area contributed by atoms with Crippen LogP contribution in [0.15, 0.2) is 294 Å². The van der Waals surface area contributed by atoms with Gasteiger partial charge in [-0.15, -0.1) is 0 Å². The molecule has 6 amide bonds. The number of amidine groups is 1. The third-order valence-electron chi connectivity index (χ3n) is 24.5. The number of halogens is 1. The Bertz CT molecular complexity index is 5300. The van der Waals surface area contributed by atoms with Crippen LogP contribution >= 0.6 is 11.6 Å². The third kappa shape index (κ3) is 17.1. The monoisotopic (exact) mass is 1620 g/mol. The van der Waals surface area contributed by atoms with Crippen molar-refractivity contribution < 1.29 is 28.8 Å². The molecular weight excluding hydrogens is 1520 g/mol. The van der Waals surface area contributed by atoms with Crippen LogP contribution in [0.4, 0.5) is 5.69 Å². The van der Waals surface area contributed by atoms with E-state index in [0.717, 1.165) is 131 Å². The van der Waals surface area contributed by atoms with Gasteiger partial charge in [-0.1, -0.05) is 281 Å². The summed E-state index contributed by atoms with van der Waals surface area (Å²) in [5.41, 5.74) is 25.8. The number of carbonyl (C=O) groups is 6. The van der Waals surface area contributed by atoms with Crippen molar-refractivity contribution in [3.8, 4) is 11.1 Å². The van der Waals surface area contributed by atoms with Crippen LogP contribution in [0, 0.1) is 17.2 Å². The molecular formula is C99H105ClN14O6. The van der Waals surface area contributed by atoms with Crippen molar-refractivity contribution in [3.63, 3.8) is 0 Å². The molecule has 4 fully saturated rings. The summed E-state index contributed by atoms with van der Waals surface area (Å²) in [4.78, 5) is 103. The number of aliphatic imine (C=N–C) groups is 3. The Morgan fingerprint density at radius 2 is 0.917 bits per heavy atom. The zero-order valence-corrected chi connectivity index (χ0v) is 69.3. The summed E-state index contributed by atoms with van der Waals surface area (Å²) >= 11 is 6.19. The molecule has 9 N–H and O–H groups in total. The van der Waals surface area contributed by atoms with Crippen molar-refractivity contribution in [1.29, 1.82) is 5.41 Å². The predicted octanol–water partition coefficient (Wildman–Crippen LogP) is 16.1. The maximum Gasteiger partial charge on any atom is 0.266 e. The molecule has 0 radical (unpaired) electrons. The van der Waals surface area contributed by atoms with E-state index in [1.54, 1.807) is 28.0 Å². The molecule has 0 bridgehead atoms.